The zero-order valence-electron chi connectivity index (χ0n) is 20.1. The molecule has 1 saturated heterocycles. The summed E-state index contributed by atoms with van der Waals surface area (Å²) in [5, 5.41) is 5.75. The van der Waals surface area contributed by atoms with Gasteiger partial charge in [-0.05, 0) is 67.8 Å². The van der Waals surface area contributed by atoms with E-state index in [4.69, 9.17) is 9.47 Å². The number of fused-ring (bicyclic) bond motifs is 1. The highest BCUT2D eigenvalue weighted by molar-refractivity contribution is 6.09. The molecule has 1 aliphatic rings. The topological polar surface area (TPSA) is 94.0 Å². The molecule has 2 aromatic heterocycles. The number of anilines is 1. The van der Waals surface area contributed by atoms with Crippen molar-refractivity contribution in [1.82, 2.24) is 14.7 Å². The second-order valence-electron chi connectivity index (χ2n) is 8.81. The Morgan fingerprint density at radius 3 is 2.69 bits per heavy atom. The van der Waals surface area contributed by atoms with Crippen LogP contribution in [0, 0.1) is 6.92 Å². The third-order valence-corrected chi connectivity index (χ3v) is 6.17. The lowest BCUT2D eigenvalue weighted by Gasteiger charge is -2.14. The van der Waals surface area contributed by atoms with Crippen LogP contribution in [0.15, 0.2) is 73.1 Å². The number of pyridine rings is 1. The van der Waals surface area contributed by atoms with E-state index in [1.54, 1.807) is 48.5 Å². The first-order chi connectivity index (χ1) is 17.6. The number of aryl methyl sites for hydroxylation is 1. The number of carbonyl (C=O) groups excluding carboxylic acids is 2. The van der Waals surface area contributed by atoms with Gasteiger partial charge in [0.15, 0.2) is 0 Å². The van der Waals surface area contributed by atoms with Crippen LogP contribution in [0.25, 0.3) is 5.65 Å². The minimum Gasteiger partial charge on any atom is -0.487 e. The number of nitrogens with one attached hydrogen (secondary N) is 2. The number of hydrogen-bond donors (Lipinski definition) is 2. The van der Waals surface area contributed by atoms with Crippen LogP contribution in [0.3, 0.4) is 0 Å². The monoisotopic (exact) mass is 484 g/mol. The first-order valence-corrected chi connectivity index (χ1v) is 12.0. The SMILES string of the molecule is Cc1cccn2cc(COc3ccc(C(=O)Nc4ccccc4C(=O)NCC4CCCO4)cc3)nc12. The molecule has 1 aliphatic heterocycles. The van der Waals surface area contributed by atoms with E-state index in [0.29, 0.717) is 35.7 Å². The summed E-state index contributed by atoms with van der Waals surface area (Å²) in [5.74, 6) is 0.0817. The molecule has 0 spiro atoms. The van der Waals surface area contributed by atoms with Crippen LogP contribution >= 0.6 is 0 Å². The molecule has 8 nitrogen and oxygen atoms in total. The third kappa shape index (κ3) is 5.39. The molecular formula is C28H28N4O4. The number of para-hydroxylation sites is 1. The largest absolute Gasteiger partial charge is 0.487 e. The Kier molecular flexibility index (Phi) is 6.95. The van der Waals surface area contributed by atoms with Crippen molar-refractivity contribution >= 4 is 23.1 Å². The molecule has 4 aromatic rings. The van der Waals surface area contributed by atoms with E-state index in [-0.39, 0.29) is 17.9 Å². The van der Waals surface area contributed by atoms with E-state index in [9.17, 15) is 9.59 Å². The molecule has 1 atom stereocenters. The zero-order chi connectivity index (χ0) is 24.9. The molecule has 8 heteroatoms. The van der Waals surface area contributed by atoms with Crippen LogP contribution in [0.4, 0.5) is 5.69 Å². The van der Waals surface area contributed by atoms with Crippen molar-refractivity contribution in [3.63, 3.8) is 0 Å². The highest BCUT2D eigenvalue weighted by Gasteiger charge is 2.19. The maximum absolute atomic E-state index is 12.9. The van der Waals surface area contributed by atoms with Crippen LogP contribution in [-0.4, -0.2) is 40.5 Å². The van der Waals surface area contributed by atoms with Crippen LogP contribution in [0.5, 0.6) is 5.75 Å². The number of nitrogens with zero attached hydrogens (tertiary/aromatic N) is 2. The number of amides is 2. The fraction of sp³-hybridized carbons (Fsp3) is 0.250. The van der Waals surface area contributed by atoms with Crippen LogP contribution in [0.2, 0.25) is 0 Å². The van der Waals surface area contributed by atoms with E-state index >= 15 is 0 Å². The molecule has 0 bridgehead atoms. The van der Waals surface area contributed by atoms with Gasteiger partial charge in [-0.1, -0.05) is 18.2 Å². The second kappa shape index (κ2) is 10.6. The van der Waals surface area contributed by atoms with E-state index in [1.165, 1.54) is 0 Å². The zero-order valence-corrected chi connectivity index (χ0v) is 20.1. The van der Waals surface area contributed by atoms with Crippen LogP contribution in [-0.2, 0) is 11.3 Å². The maximum Gasteiger partial charge on any atom is 0.255 e. The van der Waals surface area contributed by atoms with Gasteiger partial charge in [0.25, 0.3) is 11.8 Å². The molecule has 5 rings (SSSR count). The van der Waals surface area contributed by atoms with Crippen molar-refractivity contribution in [2.24, 2.45) is 0 Å². The molecule has 184 valence electrons. The Morgan fingerprint density at radius 2 is 1.92 bits per heavy atom. The molecule has 0 aliphatic carbocycles. The first-order valence-electron chi connectivity index (χ1n) is 12.0. The first kappa shape index (κ1) is 23.6. The molecule has 1 fully saturated rings. The van der Waals surface area contributed by atoms with Crippen LogP contribution in [0.1, 0.15) is 44.8 Å². The number of carbonyl (C=O) groups is 2. The number of imidazole rings is 1. The lowest BCUT2D eigenvalue weighted by atomic mass is 10.1. The average Bonchev–Trinajstić information content (AvgIpc) is 3.57. The van der Waals surface area contributed by atoms with E-state index < -0.39 is 0 Å². The molecule has 3 heterocycles. The minimum atomic E-state index is -0.309. The van der Waals surface area contributed by atoms with Gasteiger partial charge >= 0.3 is 0 Å². The predicted molar refractivity (Wildman–Crippen MR) is 136 cm³/mol. The van der Waals surface area contributed by atoms with Gasteiger partial charge in [-0.25, -0.2) is 4.98 Å². The van der Waals surface area contributed by atoms with E-state index in [1.807, 2.05) is 35.9 Å². The Bertz CT molecular complexity index is 1370. The van der Waals surface area contributed by atoms with Crippen molar-refractivity contribution in [3.05, 3.63) is 95.4 Å². The lowest BCUT2D eigenvalue weighted by Crippen LogP contribution is -2.32. The molecule has 1 unspecified atom stereocenters. The van der Waals surface area contributed by atoms with Gasteiger partial charge in [0.05, 0.1) is 23.0 Å². The van der Waals surface area contributed by atoms with Gasteiger partial charge < -0.3 is 24.5 Å². The molecular weight excluding hydrogens is 456 g/mol. The van der Waals surface area contributed by atoms with Crippen molar-refractivity contribution in [2.75, 3.05) is 18.5 Å². The molecule has 0 saturated carbocycles. The fourth-order valence-corrected chi connectivity index (χ4v) is 4.23. The normalized spacial score (nSPS) is 15.1. The summed E-state index contributed by atoms with van der Waals surface area (Å²) in [7, 11) is 0. The summed E-state index contributed by atoms with van der Waals surface area (Å²) < 4.78 is 13.4. The average molecular weight is 485 g/mol. The van der Waals surface area contributed by atoms with Crippen molar-refractivity contribution in [2.45, 2.75) is 32.5 Å². The van der Waals surface area contributed by atoms with Crippen LogP contribution < -0.4 is 15.4 Å². The highest BCUT2D eigenvalue weighted by Crippen LogP contribution is 2.19. The van der Waals surface area contributed by atoms with Crippen molar-refractivity contribution in [3.8, 4) is 5.75 Å². The molecule has 2 aromatic carbocycles. The van der Waals surface area contributed by atoms with Gasteiger partial charge in [0.1, 0.15) is 18.0 Å². The highest BCUT2D eigenvalue weighted by atomic mass is 16.5. The van der Waals surface area contributed by atoms with Gasteiger partial charge in [0.2, 0.25) is 0 Å². The molecule has 2 amide bonds. The third-order valence-electron chi connectivity index (χ3n) is 6.17. The van der Waals surface area contributed by atoms with Crippen molar-refractivity contribution in [1.29, 1.82) is 0 Å². The number of aromatic nitrogens is 2. The fourth-order valence-electron chi connectivity index (χ4n) is 4.23. The summed E-state index contributed by atoms with van der Waals surface area (Å²) in [6, 6.07) is 17.8. The Balaban J connectivity index is 1.19. The van der Waals surface area contributed by atoms with Gasteiger partial charge in [0, 0.05) is 31.1 Å². The Morgan fingerprint density at radius 1 is 1.08 bits per heavy atom. The smallest absolute Gasteiger partial charge is 0.255 e. The Labute approximate surface area is 209 Å². The summed E-state index contributed by atoms with van der Waals surface area (Å²) in [5.41, 5.74) is 4.15. The Hall–Kier alpha value is -4.17. The summed E-state index contributed by atoms with van der Waals surface area (Å²) in [6.07, 6.45) is 5.90. The predicted octanol–water partition coefficient (Wildman–Crippen LogP) is 4.38. The van der Waals surface area contributed by atoms with Crippen molar-refractivity contribution < 1.29 is 19.1 Å². The van der Waals surface area contributed by atoms with E-state index in [0.717, 1.165) is 36.4 Å². The quantitative estimate of drug-likeness (QED) is 0.387. The van der Waals surface area contributed by atoms with E-state index in [2.05, 4.69) is 15.6 Å². The number of benzene rings is 2. The van der Waals surface area contributed by atoms with Gasteiger partial charge in [-0.3, -0.25) is 9.59 Å². The second-order valence-corrected chi connectivity index (χ2v) is 8.81. The summed E-state index contributed by atoms with van der Waals surface area (Å²) in [4.78, 5) is 30.2. The number of ether oxygens (including phenoxy) is 2. The summed E-state index contributed by atoms with van der Waals surface area (Å²) >= 11 is 0. The van der Waals surface area contributed by atoms with Gasteiger partial charge in [-0.2, -0.15) is 0 Å². The molecule has 0 radical (unpaired) electrons. The molecule has 36 heavy (non-hydrogen) atoms. The number of hydrogen-bond acceptors (Lipinski definition) is 5. The maximum atomic E-state index is 12.9. The standard InChI is InChI=1S/C28H28N4O4/c1-19-6-4-14-32-17-21(30-26(19)32)18-36-22-12-10-20(11-13-22)27(33)31-25-9-3-2-8-24(25)28(34)29-16-23-7-5-15-35-23/h2-4,6,8-14,17,23H,5,7,15-16,18H2,1H3,(H,29,34)(H,31,33). The lowest BCUT2D eigenvalue weighted by molar-refractivity contribution is 0.0858. The van der Waals surface area contributed by atoms with Gasteiger partial charge in [-0.15, -0.1) is 0 Å². The minimum absolute atomic E-state index is 0.0493. The number of rotatable bonds is 8. The molecule has 2 N–H and O–H groups in total. The summed E-state index contributed by atoms with van der Waals surface area (Å²) in [6.45, 7) is 3.53.